The van der Waals surface area contributed by atoms with E-state index in [4.69, 9.17) is 9.52 Å². The van der Waals surface area contributed by atoms with E-state index in [-0.39, 0.29) is 17.0 Å². The maximum atomic E-state index is 13.3. The summed E-state index contributed by atoms with van der Waals surface area (Å²) >= 11 is 0. The summed E-state index contributed by atoms with van der Waals surface area (Å²) < 4.78 is 59.8. The van der Waals surface area contributed by atoms with Gasteiger partial charge in [-0.1, -0.05) is 0 Å². The number of hydrogen-bond donors (Lipinski definition) is 2. The summed E-state index contributed by atoms with van der Waals surface area (Å²) in [7, 11) is 0. The van der Waals surface area contributed by atoms with E-state index in [1.54, 1.807) is 0 Å². The third-order valence-corrected chi connectivity index (χ3v) is 3.17. The number of carboxylic acid groups (broad SMARTS) is 1. The molecule has 0 bridgehead atoms. The Morgan fingerprint density at radius 3 is 2.62 bits per heavy atom. The van der Waals surface area contributed by atoms with Gasteiger partial charge in [-0.3, -0.25) is 9.59 Å². The predicted molar refractivity (Wildman–Crippen MR) is 80.7 cm³/mol. The number of ether oxygens (including phenoxy) is 1. The topological polar surface area (TPSA) is 88.8 Å². The monoisotopic (exact) mass is 375 g/mol. The number of aliphatic carboxylic acids is 1. The largest absolute Gasteiger partial charge is 0.482 e. The number of halogens is 4. The fraction of sp³-hybridized carbons (Fsp3) is 0.250. The molecule has 0 saturated carbocycles. The maximum Gasteiger partial charge on any atom is 0.422 e. The van der Waals surface area contributed by atoms with Crippen molar-refractivity contribution in [3.63, 3.8) is 0 Å². The highest BCUT2D eigenvalue weighted by Gasteiger charge is 2.29. The second-order valence-corrected chi connectivity index (χ2v) is 5.29. The van der Waals surface area contributed by atoms with E-state index in [0.29, 0.717) is 11.6 Å². The van der Waals surface area contributed by atoms with Gasteiger partial charge in [0.15, 0.2) is 6.61 Å². The minimum absolute atomic E-state index is 0.0708. The molecule has 10 heteroatoms. The average molecular weight is 375 g/mol. The van der Waals surface area contributed by atoms with E-state index in [9.17, 15) is 27.2 Å². The van der Waals surface area contributed by atoms with E-state index >= 15 is 0 Å². The molecule has 1 amide bonds. The molecule has 140 valence electrons. The van der Waals surface area contributed by atoms with Crippen LogP contribution in [-0.2, 0) is 11.2 Å². The predicted octanol–water partition coefficient (Wildman–Crippen LogP) is 3.55. The second kappa shape index (κ2) is 7.46. The number of carboxylic acids is 1. The van der Waals surface area contributed by atoms with Crippen LogP contribution in [0.3, 0.4) is 0 Å². The zero-order valence-corrected chi connectivity index (χ0v) is 13.3. The number of benzene rings is 1. The number of carbonyl (C=O) groups excluding carboxylic acids is 1. The van der Waals surface area contributed by atoms with Crippen molar-refractivity contribution in [3.8, 4) is 5.75 Å². The molecule has 6 nitrogen and oxygen atoms in total. The summed E-state index contributed by atoms with van der Waals surface area (Å²) in [4.78, 5) is 23.2. The number of amides is 1. The number of alkyl halides is 3. The van der Waals surface area contributed by atoms with Crippen molar-refractivity contribution in [2.24, 2.45) is 0 Å². The molecule has 1 aromatic heterocycles. The third-order valence-electron chi connectivity index (χ3n) is 3.17. The molecule has 0 aliphatic rings. The fourth-order valence-corrected chi connectivity index (χ4v) is 2.13. The lowest BCUT2D eigenvalue weighted by molar-refractivity contribution is -0.153. The molecule has 2 N–H and O–H groups in total. The van der Waals surface area contributed by atoms with E-state index < -0.39 is 42.6 Å². The van der Waals surface area contributed by atoms with Gasteiger partial charge in [0.25, 0.3) is 5.91 Å². The van der Waals surface area contributed by atoms with Crippen LogP contribution >= 0.6 is 0 Å². The molecule has 26 heavy (non-hydrogen) atoms. The van der Waals surface area contributed by atoms with Crippen LogP contribution in [0.4, 0.5) is 23.2 Å². The Balaban J connectivity index is 2.27. The van der Waals surface area contributed by atoms with Gasteiger partial charge in [-0.05, 0) is 19.1 Å². The standard InChI is InChI=1S/C16H13F4NO5/c1-8-6-25-12(5-13(22)23)14(8)15(24)21-10-3-2-9(17)4-11(10)26-7-16(18,19)20/h2-4,6H,5,7H2,1H3,(H,21,24)(H,22,23). The average Bonchev–Trinajstić information content (AvgIpc) is 2.86. The lowest BCUT2D eigenvalue weighted by Crippen LogP contribution is -2.21. The van der Waals surface area contributed by atoms with Gasteiger partial charge in [0.1, 0.15) is 23.7 Å². The minimum Gasteiger partial charge on any atom is -0.482 e. The highest BCUT2D eigenvalue weighted by atomic mass is 19.4. The number of rotatable bonds is 6. The fourth-order valence-electron chi connectivity index (χ4n) is 2.13. The van der Waals surface area contributed by atoms with Crippen molar-refractivity contribution < 1.29 is 41.4 Å². The van der Waals surface area contributed by atoms with Gasteiger partial charge in [0.05, 0.1) is 17.5 Å². The lowest BCUT2D eigenvalue weighted by atomic mass is 10.1. The Bertz CT molecular complexity index is 829. The van der Waals surface area contributed by atoms with Gasteiger partial charge in [0, 0.05) is 11.6 Å². The Labute approximate surface area is 144 Å². The third kappa shape index (κ3) is 4.98. The summed E-state index contributed by atoms with van der Waals surface area (Å²) in [6, 6.07) is 2.66. The Morgan fingerprint density at radius 1 is 1.31 bits per heavy atom. The Kier molecular flexibility index (Phi) is 5.53. The smallest absolute Gasteiger partial charge is 0.422 e. The molecule has 0 unspecified atom stereocenters. The Morgan fingerprint density at radius 2 is 2.00 bits per heavy atom. The summed E-state index contributed by atoms with van der Waals surface area (Å²) in [6.45, 7) is -0.177. The zero-order valence-electron chi connectivity index (χ0n) is 13.3. The zero-order chi connectivity index (χ0) is 19.5. The first kappa shape index (κ1) is 19.3. The van der Waals surface area contributed by atoms with Crippen molar-refractivity contribution in [3.05, 3.63) is 47.2 Å². The van der Waals surface area contributed by atoms with Crippen molar-refractivity contribution in [1.82, 2.24) is 0 Å². The SMILES string of the molecule is Cc1coc(CC(=O)O)c1C(=O)Nc1ccc(F)cc1OCC(F)(F)F. The van der Waals surface area contributed by atoms with Gasteiger partial charge < -0.3 is 19.6 Å². The lowest BCUT2D eigenvalue weighted by Gasteiger charge is -2.14. The summed E-state index contributed by atoms with van der Waals surface area (Å²) in [5, 5.41) is 11.1. The first-order chi connectivity index (χ1) is 12.1. The van der Waals surface area contributed by atoms with Gasteiger partial charge >= 0.3 is 12.1 Å². The summed E-state index contributed by atoms with van der Waals surface area (Å²) in [6.07, 6.45) is -4.03. The number of anilines is 1. The van der Waals surface area contributed by atoms with Crippen molar-refractivity contribution in [2.75, 3.05) is 11.9 Å². The van der Waals surface area contributed by atoms with Crippen LogP contribution in [0, 0.1) is 12.7 Å². The number of aryl methyl sites for hydroxylation is 1. The molecule has 0 atom stereocenters. The van der Waals surface area contributed by atoms with E-state index in [1.165, 1.54) is 13.2 Å². The van der Waals surface area contributed by atoms with E-state index in [2.05, 4.69) is 10.1 Å². The minimum atomic E-state index is -4.65. The Hall–Kier alpha value is -3.04. The van der Waals surface area contributed by atoms with Crippen LogP contribution in [0.25, 0.3) is 0 Å². The van der Waals surface area contributed by atoms with Gasteiger partial charge in [-0.2, -0.15) is 13.2 Å². The van der Waals surface area contributed by atoms with Gasteiger partial charge in [-0.25, -0.2) is 4.39 Å². The molecule has 0 radical (unpaired) electrons. The van der Waals surface area contributed by atoms with Crippen LogP contribution < -0.4 is 10.1 Å². The molecule has 2 aromatic rings. The van der Waals surface area contributed by atoms with Crippen molar-refractivity contribution in [2.45, 2.75) is 19.5 Å². The molecule has 0 spiro atoms. The van der Waals surface area contributed by atoms with Crippen LogP contribution in [0.15, 0.2) is 28.9 Å². The maximum absolute atomic E-state index is 13.3. The number of nitrogens with one attached hydrogen (secondary N) is 1. The first-order valence-electron chi connectivity index (χ1n) is 7.16. The van der Waals surface area contributed by atoms with E-state index in [1.807, 2.05) is 0 Å². The van der Waals surface area contributed by atoms with Crippen molar-refractivity contribution >= 4 is 17.6 Å². The second-order valence-electron chi connectivity index (χ2n) is 5.29. The number of hydrogen-bond acceptors (Lipinski definition) is 4. The molecule has 0 aliphatic carbocycles. The molecule has 2 rings (SSSR count). The molecular weight excluding hydrogens is 362 g/mol. The molecule has 0 fully saturated rings. The number of furan rings is 1. The molecule has 1 heterocycles. The molecule has 0 saturated heterocycles. The van der Waals surface area contributed by atoms with Crippen LogP contribution in [0.1, 0.15) is 21.7 Å². The molecule has 1 aromatic carbocycles. The summed E-state index contributed by atoms with van der Waals surface area (Å²) in [5.74, 6) is -3.55. The van der Waals surface area contributed by atoms with Gasteiger partial charge in [-0.15, -0.1) is 0 Å². The molecule has 0 aliphatic heterocycles. The van der Waals surface area contributed by atoms with Crippen LogP contribution in [0.2, 0.25) is 0 Å². The van der Waals surface area contributed by atoms with Crippen molar-refractivity contribution in [1.29, 1.82) is 0 Å². The quantitative estimate of drug-likeness (QED) is 0.754. The summed E-state index contributed by atoms with van der Waals surface area (Å²) in [5.41, 5.74) is 0.0552. The normalized spacial score (nSPS) is 11.3. The highest BCUT2D eigenvalue weighted by Crippen LogP contribution is 2.29. The van der Waals surface area contributed by atoms with Gasteiger partial charge in [0.2, 0.25) is 0 Å². The van der Waals surface area contributed by atoms with Crippen LogP contribution in [-0.4, -0.2) is 29.8 Å². The first-order valence-corrected chi connectivity index (χ1v) is 7.16. The highest BCUT2D eigenvalue weighted by molar-refractivity contribution is 6.07. The molecular formula is C16H13F4NO5. The van der Waals surface area contributed by atoms with Crippen LogP contribution in [0.5, 0.6) is 5.75 Å². The number of carbonyl (C=O) groups is 2. The van der Waals surface area contributed by atoms with E-state index in [0.717, 1.165) is 12.1 Å².